The van der Waals surface area contributed by atoms with E-state index in [-0.39, 0.29) is 11.9 Å². The number of carbonyl (C=O) groups is 1. The van der Waals surface area contributed by atoms with Crippen LogP contribution in [0.5, 0.6) is 0 Å². The number of hydrogen-bond acceptors (Lipinski definition) is 7. The minimum atomic E-state index is -0.369. The van der Waals surface area contributed by atoms with Gasteiger partial charge in [-0.3, -0.25) is 4.79 Å². The Hall–Kier alpha value is -1.93. The van der Waals surface area contributed by atoms with Gasteiger partial charge in [0.15, 0.2) is 0 Å². The molecular formula is C13H17N5O2S. The fourth-order valence-electron chi connectivity index (χ4n) is 2.41. The number of thiophene rings is 1. The molecule has 0 spiro atoms. The van der Waals surface area contributed by atoms with Gasteiger partial charge in [-0.25, -0.2) is 4.98 Å². The van der Waals surface area contributed by atoms with Crippen molar-refractivity contribution in [2.75, 3.05) is 44.1 Å². The Labute approximate surface area is 126 Å². The summed E-state index contributed by atoms with van der Waals surface area (Å²) in [5.74, 6) is 1.27. The molecule has 1 aliphatic rings. The Morgan fingerprint density at radius 1 is 1.48 bits per heavy atom. The highest BCUT2D eigenvalue weighted by atomic mass is 32.1. The summed E-state index contributed by atoms with van der Waals surface area (Å²) in [6, 6.07) is 1.62. The number of ether oxygens (including phenoxy) is 1. The second-order valence-corrected chi connectivity index (χ2v) is 5.55. The SMILES string of the molecule is CNC(=O)C1COCCN1c1nc(NC)nc2sccc12. The van der Waals surface area contributed by atoms with Crippen LogP contribution in [0.3, 0.4) is 0 Å². The molecule has 2 N–H and O–H groups in total. The van der Waals surface area contributed by atoms with Gasteiger partial charge in [0.1, 0.15) is 16.7 Å². The topological polar surface area (TPSA) is 79.4 Å². The van der Waals surface area contributed by atoms with Gasteiger partial charge in [-0.2, -0.15) is 4.98 Å². The van der Waals surface area contributed by atoms with Crippen LogP contribution in [0.25, 0.3) is 10.2 Å². The number of amides is 1. The molecule has 7 nitrogen and oxygen atoms in total. The monoisotopic (exact) mass is 307 g/mol. The van der Waals surface area contributed by atoms with E-state index in [2.05, 4.69) is 20.6 Å². The average molecular weight is 307 g/mol. The fraction of sp³-hybridized carbons (Fsp3) is 0.462. The van der Waals surface area contributed by atoms with Crippen molar-refractivity contribution in [3.8, 4) is 0 Å². The van der Waals surface area contributed by atoms with Crippen molar-refractivity contribution in [3.63, 3.8) is 0 Å². The molecule has 0 saturated carbocycles. The smallest absolute Gasteiger partial charge is 0.244 e. The van der Waals surface area contributed by atoms with Gasteiger partial charge >= 0.3 is 0 Å². The lowest BCUT2D eigenvalue weighted by Crippen LogP contribution is -2.53. The van der Waals surface area contributed by atoms with Gasteiger partial charge in [0.05, 0.1) is 18.6 Å². The Morgan fingerprint density at radius 3 is 3.10 bits per heavy atom. The first-order valence-electron chi connectivity index (χ1n) is 6.73. The number of likely N-dealkylation sites (N-methyl/N-ethyl adjacent to an activating group) is 1. The van der Waals surface area contributed by atoms with E-state index in [9.17, 15) is 4.79 Å². The molecule has 2 aromatic rings. The molecule has 2 aromatic heterocycles. The van der Waals surface area contributed by atoms with Crippen LogP contribution >= 0.6 is 11.3 Å². The third-order valence-corrected chi connectivity index (χ3v) is 4.28. The van der Waals surface area contributed by atoms with Crippen molar-refractivity contribution in [3.05, 3.63) is 11.4 Å². The normalized spacial score (nSPS) is 18.8. The van der Waals surface area contributed by atoms with E-state index in [1.54, 1.807) is 25.4 Å². The molecule has 1 amide bonds. The van der Waals surface area contributed by atoms with Crippen molar-refractivity contribution in [2.24, 2.45) is 0 Å². The molecule has 3 rings (SSSR count). The summed E-state index contributed by atoms with van der Waals surface area (Å²) in [7, 11) is 3.42. The summed E-state index contributed by atoms with van der Waals surface area (Å²) in [5.41, 5.74) is 0. The molecule has 8 heteroatoms. The van der Waals surface area contributed by atoms with Crippen molar-refractivity contribution in [1.82, 2.24) is 15.3 Å². The molecule has 0 bridgehead atoms. The van der Waals surface area contributed by atoms with Crippen molar-refractivity contribution < 1.29 is 9.53 Å². The average Bonchev–Trinajstić information content (AvgIpc) is 3.01. The van der Waals surface area contributed by atoms with Crippen molar-refractivity contribution in [2.45, 2.75) is 6.04 Å². The number of fused-ring (bicyclic) bond motifs is 1. The van der Waals surface area contributed by atoms with E-state index in [0.29, 0.717) is 25.7 Å². The third-order valence-electron chi connectivity index (χ3n) is 3.48. The molecule has 112 valence electrons. The molecule has 1 aliphatic heterocycles. The Morgan fingerprint density at radius 2 is 2.33 bits per heavy atom. The third kappa shape index (κ3) is 2.52. The lowest BCUT2D eigenvalue weighted by atomic mass is 10.2. The van der Waals surface area contributed by atoms with Gasteiger partial charge in [-0.15, -0.1) is 11.3 Å². The van der Waals surface area contributed by atoms with Crippen molar-refractivity contribution >= 4 is 39.2 Å². The molecule has 21 heavy (non-hydrogen) atoms. The molecule has 1 unspecified atom stereocenters. The maximum absolute atomic E-state index is 12.1. The Balaban J connectivity index is 2.08. The highest BCUT2D eigenvalue weighted by molar-refractivity contribution is 7.16. The fourth-order valence-corrected chi connectivity index (χ4v) is 3.17. The largest absolute Gasteiger partial charge is 0.377 e. The Kier molecular flexibility index (Phi) is 3.89. The maximum atomic E-state index is 12.1. The zero-order valence-corrected chi connectivity index (χ0v) is 12.7. The number of nitrogens with one attached hydrogen (secondary N) is 2. The highest BCUT2D eigenvalue weighted by Gasteiger charge is 2.31. The van der Waals surface area contributed by atoms with E-state index in [0.717, 1.165) is 16.0 Å². The molecule has 0 aromatic carbocycles. The zero-order valence-electron chi connectivity index (χ0n) is 11.9. The van der Waals surface area contributed by atoms with Crippen LogP contribution in [0.2, 0.25) is 0 Å². The predicted molar refractivity (Wildman–Crippen MR) is 83.0 cm³/mol. The first-order valence-corrected chi connectivity index (χ1v) is 7.61. The van der Waals surface area contributed by atoms with E-state index < -0.39 is 0 Å². The van der Waals surface area contributed by atoms with Gasteiger partial charge in [0.2, 0.25) is 11.9 Å². The molecule has 1 atom stereocenters. The minimum Gasteiger partial charge on any atom is -0.377 e. The first-order chi connectivity index (χ1) is 10.2. The molecule has 3 heterocycles. The van der Waals surface area contributed by atoms with Crippen LogP contribution in [0, 0.1) is 0 Å². The molecule has 0 aliphatic carbocycles. The standard InChI is InChI=1S/C13H17N5O2S/c1-14-11(19)9-7-20-5-4-18(9)10-8-3-6-21-12(8)17-13(15-2)16-10/h3,6,9H,4-5,7H2,1-2H3,(H,14,19)(H,15,16,17). The van der Waals surface area contributed by atoms with Gasteiger partial charge in [-0.1, -0.05) is 0 Å². The predicted octanol–water partition coefficient (Wildman–Crippen LogP) is 0.684. The number of morpholine rings is 1. The van der Waals surface area contributed by atoms with Crippen LogP contribution in [-0.2, 0) is 9.53 Å². The van der Waals surface area contributed by atoms with Crippen LogP contribution in [0.15, 0.2) is 11.4 Å². The summed E-state index contributed by atoms with van der Waals surface area (Å²) < 4.78 is 5.45. The number of carbonyl (C=O) groups excluding carboxylic acids is 1. The van der Waals surface area contributed by atoms with E-state index >= 15 is 0 Å². The second-order valence-electron chi connectivity index (χ2n) is 4.66. The maximum Gasteiger partial charge on any atom is 0.244 e. The zero-order chi connectivity index (χ0) is 14.8. The van der Waals surface area contributed by atoms with Gasteiger partial charge in [0, 0.05) is 20.6 Å². The summed E-state index contributed by atoms with van der Waals surface area (Å²) in [6.07, 6.45) is 0. The molecular weight excluding hydrogens is 290 g/mol. The highest BCUT2D eigenvalue weighted by Crippen LogP contribution is 2.31. The van der Waals surface area contributed by atoms with Crippen LogP contribution in [0.1, 0.15) is 0 Å². The van der Waals surface area contributed by atoms with Gasteiger partial charge in [-0.05, 0) is 11.4 Å². The number of anilines is 2. The minimum absolute atomic E-state index is 0.0669. The summed E-state index contributed by atoms with van der Waals surface area (Å²) in [5, 5.41) is 8.61. The first kappa shape index (κ1) is 14.0. The summed E-state index contributed by atoms with van der Waals surface area (Å²) in [4.78, 5) is 24.0. The van der Waals surface area contributed by atoms with E-state index in [1.165, 1.54) is 0 Å². The second kappa shape index (κ2) is 5.82. The quantitative estimate of drug-likeness (QED) is 0.868. The molecule has 0 radical (unpaired) electrons. The van der Waals surface area contributed by atoms with E-state index in [1.807, 2.05) is 16.3 Å². The van der Waals surface area contributed by atoms with Gasteiger partial charge in [0.25, 0.3) is 0 Å². The van der Waals surface area contributed by atoms with Crippen LogP contribution in [0.4, 0.5) is 11.8 Å². The van der Waals surface area contributed by atoms with Crippen LogP contribution < -0.4 is 15.5 Å². The van der Waals surface area contributed by atoms with E-state index in [4.69, 9.17) is 4.74 Å². The summed E-state index contributed by atoms with van der Waals surface area (Å²) in [6.45, 7) is 1.57. The molecule has 1 fully saturated rings. The molecule has 1 saturated heterocycles. The number of aromatic nitrogens is 2. The lowest BCUT2D eigenvalue weighted by Gasteiger charge is -2.35. The lowest BCUT2D eigenvalue weighted by molar-refractivity contribution is -0.124. The number of nitrogens with zero attached hydrogens (tertiary/aromatic N) is 3. The van der Waals surface area contributed by atoms with Crippen LogP contribution in [-0.4, -0.2) is 55.8 Å². The number of rotatable bonds is 3. The summed E-state index contributed by atoms with van der Waals surface area (Å²) >= 11 is 1.56. The number of hydrogen-bond donors (Lipinski definition) is 2. The van der Waals surface area contributed by atoms with Crippen molar-refractivity contribution in [1.29, 1.82) is 0 Å². The Bertz CT molecular complexity index is 659. The van der Waals surface area contributed by atoms with Gasteiger partial charge < -0.3 is 20.3 Å².